The number of thiophene rings is 1. The number of halogens is 2. The summed E-state index contributed by atoms with van der Waals surface area (Å²) in [5.41, 5.74) is 6.49. The lowest BCUT2D eigenvalue weighted by molar-refractivity contribution is 0.151. The summed E-state index contributed by atoms with van der Waals surface area (Å²) in [6, 6.07) is 9.06. The molecule has 1 heterocycles. The Labute approximate surface area is 120 Å². The van der Waals surface area contributed by atoms with Gasteiger partial charge in [-0.05, 0) is 29.1 Å². The molecule has 18 heavy (non-hydrogen) atoms. The largest absolute Gasteiger partial charge is 0.387 e. The number of nitrogens with two attached hydrogens (primary N) is 1. The van der Waals surface area contributed by atoms with E-state index in [9.17, 15) is 5.11 Å². The van der Waals surface area contributed by atoms with E-state index in [4.69, 9.17) is 28.9 Å². The Kier molecular flexibility index (Phi) is 4.65. The normalized spacial score (nSPS) is 14.4. The number of hydrogen-bond acceptors (Lipinski definition) is 3. The Hall–Kier alpha value is -0.580. The monoisotopic (exact) mass is 301 g/mol. The Balaban J connectivity index is 2.40. The first-order valence-electron chi connectivity index (χ1n) is 5.50. The van der Waals surface area contributed by atoms with Crippen molar-refractivity contribution in [1.29, 1.82) is 0 Å². The molecular weight excluding hydrogens is 289 g/mol. The van der Waals surface area contributed by atoms with Gasteiger partial charge in [0.15, 0.2) is 0 Å². The molecule has 5 heteroatoms. The first-order valence-corrected chi connectivity index (χ1v) is 7.14. The first-order chi connectivity index (χ1) is 8.65. The van der Waals surface area contributed by atoms with Gasteiger partial charge in [-0.3, -0.25) is 0 Å². The van der Waals surface area contributed by atoms with Gasteiger partial charge in [-0.1, -0.05) is 35.3 Å². The quantitative estimate of drug-likeness (QED) is 0.901. The van der Waals surface area contributed by atoms with Crippen molar-refractivity contribution in [3.63, 3.8) is 0 Å². The molecule has 2 aromatic rings. The van der Waals surface area contributed by atoms with Crippen molar-refractivity contribution >= 4 is 34.5 Å². The van der Waals surface area contributed by atoms with Gasteiger partial charge in [0.1, 0.15) is 0 Å². The van der Waals surface area contributed by atoms with Crippen LogP contribution in [0, 0.1) is 0 Å². The molecule has 0 bridgehead atoms. The Morgan fingerprint density at radius 2 is 1.83 bits per heavy atom. The summed E-state index contributed by atoms with van der Waals surface area (Å²) in [5, 5.41) is 13.4. The molecule has 1 aromatic heterocycles. The molecule has 0 saturated carbocycles. The van der Waals surface area contributed by atoms with E-state index < -0.39 is 6.10 Å². The lowest BCUT2D eigenvalue weighted by Gasteiger charge is -2.23. The van der Waals surface area contributed by atoms with Crippen LogP contribution in [0.5, 0.6) is 0 Å². The first kappa shape index (κ1) is 13.8. The van der Waals surface area contributed by atoms with Crippen LogP contribution >= 0.6 is 34.5 Å². The molecule has 2 rings (SSSR count). The topological polar surface area (TPSA) is 46.2 Å². The van der Waals surface area contributed by atoms with Crippen LogP contribution in [0.4, 0.5) is 0 Å². The van der Waals surface area contributed by atoms with Crippen molar-refractivity contribution in [3.8, 4) is 0 Å². The van der Waals surface area contributed by atoms with E-state index in [1.165, 1.54) is 11.3 Å². The zero-order valence-corrected chi connectivity index (χ0v) is 11.8. The third kappa shape index (κ3) is 2.71. The van der Waals surface area contributed by atoms with Crippen LogP contribution < -0.4 is 5.73 Å². The minimum absolute atomic E-state index is 0.280. The Morgan fingerprint density at radius 3 is 2.33 bits per heavy atom. The lowest BCUT2D eigenvalue weighted by Crippen LogP contribution is -2.20. The van der Waals surface area contributed by atoms with Crippen LogP contribution in [0.3, 0.4) is 0 Å². The molecule has 0 spiro atoms. The van der Waals surface area contributed by atoms with Crippen molar-refractivity contribution in [2.75, 3.05) is 6.54 Å². The van der Waals surface area contributed by atoms with Gasteiger partial charge in [-0.25, -0.2) is 0 Å². The number of aliphatic hydroxyl groups excluding tert-OH is 1. The minimum Gasteiger partial charge on any atom is -0.387 e. The maximum absolute atomic E-state index is 10.4. The highest BCUT2D eigenvalue weighted by Crippen LogP contribution is 2.39. The molecule has 0 aliphatic rings. The van der Waals surface area contributed by atoms with Gasteiger partial charge in [0.2, 0.25) is 0 Å². The van der Waals surface area contributed by atoms with Crippen molar-refractivity contribution in [1.82, 2.24) is 0 Å². The fourth-order valence-corrected chi connectivity index (χ4v) is 3.38. The van der Waals surface area contributed by atoms with E-state index in [-0.39, 0.29) is 12.5 Å². The molecule has 3 N–H and O–H groups in total. The zero-order chi connectivity index (χ0) is 13.1. The highest BCUT2D eigenvalue weighted by molar-refractivity contribution is 7.10. The lowest BCUT2D eigenvalue weighted by atomic mass is 9.92. The van der Waals surface area contributed by atoms with Gasteiger partial charge in [-0.2, -0.15) is 0 Å². The number of benzene rings is 1. The summed E-state index contributed by atoms with van der Waals surface area (Å²) in [5.74, 6) is -0.301. The molecule has 0 amide bonds. The summed E-state index contributed by atoms with van der Waals surface area (Å²) in [6.07, 6.45) is -0.688. The molecule has 2 atom stereocenters. The second-order valence-electron chi connectivity index (χ2n) is 3.94. The molecule has 0 aliphatic carbocycles. The molecule has 1 aromatic carbocycles. The summed E-state index contributed by atoms with van der Waals surface area (Å²) in [7, 11) is 0. The van der Waals surface area contributed by atoms with Crippen molar-refractivity contribution in [3.05, 3.63) is 56.2 Å². The Morgan fingerprint density at radius 1 is 1.17 bits per heavy atom. The van der Waals surface area contributed by atoms with E-state index in [0.29, 0.717) is 15.6 Å². The smallest absolute Gasteiger partial charge is 0.0963 e. The predicted molar refractivity (Wildman–Crippen MR) is 77.5 cm³/mol. The fraction of sp³-hybridized carbons (Fsp3) is 0.231. The molecular formula is C13H13Cl2NOS. The van der Waals surface area contributed by atoms with Gasteiger partial charge in [0, 0.05) is 27.4 Å². The van der Waals surface area contributed by atoms with Crippen LogP contribution in [-0.2, 0) is 0 Å². The van der Waals surface area contributed by atoms with E-state index >= 15 is 0 Å². The summed E-state index contributed by atoms with van der Waals surface area (Å²) >= 11 is 13.8. The number of rotatable bonds is 4. The Bertz CT molecular complexity index is 495. The molecule has 96 valence electrons. The number of hydrogen-bond donors (Lipinski definition) is 2. The molecule has 0 saturated heterocycles. The second-order valence-corrected chi connectivity index (χ2v) is 5.73. The summed E-state index contributed by atoms with van der Waals surface area (Å²) in [6.45, 7) is 0.280. The van der Waals surface area contributed by atoms with Gasteiger partial charge >= 0.3 is 0 Å². The standard InChI is InChI=1S/C13H13Cl2NOS/c14-9-3-1-4-10(15)12(9)8(7-16)13(17)11-5-2-6-18-11/h1-6,8,13,17H,7,16H2. The van der Waals surface area contributed by atoms with Gasteiger partial charge < -0.3 is 10.8 Å². The van der Waals surface area contributed by atoms with Crippen LogP contribution in [0.15, 0.2) is 35.7 Å². The predicted octanol–water partition coefficient (Wildman–Crippen LogP) is 3.83. The number of aliphatic hydroxyl groups is 1. The van der Waals surface area contributed by atoms with Gasteiger partial charge in [0.05, 0.1) is 6.10 Å². The maximum atomic E-state index is 10.4. The average Bonchev–Trinajstić information content (AvgIpc) is 2.87. The van der Waals surface area contributed by atoms with Crippen molar-refractivity contribution in [2.45, 2.75) is 12.0 Å². The second kappa shape index (κ2) is 6.04. The van der Waals surface area contributed by atoms with E-state index in [1.54, 1.807) is 18.2 Å². The van der Waals surface area contributed by atoms with Gasteiger partial charge in [-0.15, -0.1) is 11.3 Å². The van der Waals surface area contributed by atoms with Crippen molar-refractivity contribution in [2.24, 2.45) is 5.73 Å². The molecule has 0 aliphatic heterocycles. The minimum atomic E-state index is -0.688. The third-order valence-corrected chi connectivity index (χ3v) is 4.44. The summed E-state index contributed by atoms with van der Waals surface area (Å²) < 4.78 is 0. The van der Waals surface area contributed by atoms with Crippen LogP contribution in [0.1, 0.15) is 22.5 Å². The summed E-state index contributed by atoms with van der Waals surface area (Å²) in [4.78, 5) is 0.862. The highest BCUT2D eigenvalue weighted by Gasteiger charge is 2.26. The molecule has 2 nitrogen and oxygen atoms in total. The van der Waals surface area contributed by atoms with E-state index in [2.05, 4.69) is 0 Å². The third-order valence-electron chi connectivity index (χ3n) is 2.84. The van der Waals surface area contributed by atoms with E-state index in [0.717, 1.165) is 4.88 Å². The average molecular weight is 302 g/mol. The van der Waals surface area contributed by atoms with E-state index in [1.807, 2.05) is 17.5 Å². The zero-order valence-electron chi connectivity index (χ0n) is 9.51. The van der Waals surface area contributed by atoms with Crippen LogP contribution in [0.25, 0.3) is 0 Å². The van der Waals surface area contributed by atoms with Crippen molar-refractivity contribution < 1.29 is 5.11 Å². The fourth-order valence-electron chi connectivity index (χ4n) is 1.93. The van der Waals surface area contributed by atoms with Gasteiger partial charge in [0.25, 0.3) is 0 Å². The SMILES string of the molecule is NCC(c1c(Cl)cccc1Cl)C(O)c1cccs1. The molecule has 0 fully saturated rings. The highest BCUT2D eigenvalue weighted by atomic mass is 35.5. The molecule has 0 radical (unpaired) electrons. The molecule has 2 unspecified atom stereocenters. The maximum Gasteiger partial charge on any atom is 0.0963 e. The van der Waals surface area contributed by atoms with Crippen LogP contribution in [-0.4, -0.2) is 11.7 Å². The van der Waals surface area contributed by atoms with Crippen LogP contribution in [0.2, 0.25) is 10.0 Å².